The molecule has 1 aliphatic rings. The number of rotatable bonds is 6. The molecule has 1 aliphatic heterocycles. The van der Waals surface area contributed by atoms with Crippen LogP contribution in [0.2, 0.25) is 0 Å². The maximum absolute atomic E-state index is 11.5. The minimum atomic E-state index is -2.96. The molecule has 10 heteroatoms. The number of methoxy groups -OCH3 is 2. The number of anilines is 3. The van der Waals surface area contributed by atoms with Crippen LogP contribution in [-0.4, -0.2) is 55.4 Å². The average Bonchev–Trinajstić information content (AvgIpc) is 2.94. The molecule has 1 fully saturated rings. The van der Waals surface area contributed by atoms with Crippen molar-refractivity contribution < 1.29 is 17.9 Å². The van der Waals surface area contributed by atoms with E-state index in [0.717, 1.165) is 0 Å². The molecule has 0 radical (unpaired) electrons. The minimum absolute atomic E-state index is 0.103. The van der Waals surface area contributed by atoms with E-state index in [4.69, 9.17) is 9.47 Å². The van der Waals surface area contributed by atoms with E-state index in [1.165, 1.54) is 6.20 Å². The number of hydrogen-bond acceptors (Lipinski definition) is 9. The molecule has 1 aromatic carbocycles. The van der Waals surface area contributed by atoms with Gasteiger partial charge in [0.25, 0.3) is 0 Å². The lowest BCUT2D eigenvalue weighted by Crippen LogP contribution is -2.21. The van der Waals surface area contributed by atoms with Crippen molar-refractivity contribution in [1.82, 2.24) is 15.2 Å². The Morgan fingerprint density at radius 3 is 2.76 bits per heavy atom. The molecule has 1 atom stereocenters. The van der Waals surface area contributed by atoms with E-state index < -0.39 is 9.84 Å². The lowest BCUT2D eigenvalue weighted by molar-refractivity contribution is 0.395. The lowest BCUT2D eigenvalue weighted by Gasteiger charge is -2.13. The van der Waals surface area contributed by atoms with Crippen LogP contribution in [0.3, 0.4) is 0 Å². The molecule has 0 spiro atoms. The molecule has 3 rings (SSSR count). The predicted octanol–water partition coefficient (Wildman–Crippen LogP) is 1.23. The molecule has 2 aromatic rings. The van der Waals surface area contributed by atoms with E-state index in [-0.39, 0.29) is 23.5 Å². The highest BCUT2D eigenvalue weighted by Gasteiger charge is 2.28. The standard InChI is InChI=1S/C15H19N5O4S/c1-23-11-3-4-12(13(7-11)24-2)18-15-19-14(8-16-20-15)17-10-5-6-25(21,22)9-10/h3-4,7-8,10H,5-6,9H2,1-2H3,(H2,17,18,19,20). The van der Waals surface area contributed by atoms with Crippen molar-refractivity contribution in [2.24, 2.45) is 0 Å². The Kier molecular flexibility index (Phi) is 4.88. The zero-order chi connectivity index (χ0) is 17.9. The van der Waals surface area contributed by atoms with Gasteiger partial charge < -0.3 is 20.1 Å². The number of benzene rings is 1. The molecule has 0 aliphatic carbocycles. The Morgan fingerprint density at radius 1 is 1.24 bits per heavy atom. The second kappa shape index (κ2) is 7.09. The van der Waals surface area contributed by atoms with Gasteiger partial charge in [0.2, 0.25) is 5.95 Å². The van der Waals surface area contributed by atoms with Gasteiger partial charge in [-0.25, -0.2) is 8.42 Å². The van der Waals surface area contributed by atoms with E-state index in [1.54, 1.807) is 32.4 Å². The summed E-state index contributed by atoms with van der Waals surface area (Å²) in [5, 5.41) is 14.0. The van der Waals surface area contributed by atoms with Gasteiger partial charge in [0.05, 0.1) is 37.6 Å². The van der Waals surface area contributed by atoms with Gasteiger partial charge in [0.15, 0.2) is 15.7 Å². The van der Waals surface area contributed by atoms with E-state index in [2.05, 4.69) is 25.8 Å². The maximum atomic E-state index is 11.5. The number of sulfone groups is 1. The molecule has 9 nitrogen and oxygen atoms in total. The van der Waals surface area contributed by atoms with E-state index in [1.807, 2.05) is 0 Å². The van der Waals surface area contributed by atoms with E-state index >= 15 is 0 Å². The third kappa shape index (κ3) is 4.27. The Hall–Kier alpha value is -2.62. The fourth-order valence-electron chi connectivity index (χ4n) is 2.57. The molecule has 0 saturated carbocycles. The minimum Gasteiger partial charge on any atom is -0.497 e. The summed E-state index contributed by atoms with van der Waals surface area (Å²) in [5.74, 6) is 2.27. The van der Waals surface area contributed by atoms with Gasteiger partial charge in [-0.1, -0.05) is 0 Å². The average molecular weight is 365 g/mol. The van der Waals surface area contributed by atoms with E-state index in [9.17, 15) is 8.42 Å². The molecule has 0 bridgehead atoms. The van der Waals surface area contributed by atoms with Crippen LogP contribution in [0.15, 0.2) is 24.4 Å². The molecular weight excluding hydrogens is 346 g/mol. The Balaban J connectivity index is 1.74. The fourth-order valence-corrected chi connectivity index (χ4v) is 4.24. The first-order valence-corrected chi connectivity index (χ1v) is 9.47. The first-order valence-electron chi connectivity index (χ1n) is 7.65. The van der Waals surface area contributed by atoms with Crippen LogP contribution < -0.4 is 20.1 Å². The van der Waals surface area contributed by atoms with Crippen molar-refractivity contribution in [2.75, 3.05) is 36.4 Å². The SMILES string of the molecule is COc1ccc(Nc2nncc(NC3CCS(=O)(=O)C3)n2)c(OC)c1. The molecule has 0 amide bonds. The Morgan fingerprint density at radius 2 is 2.08 bits per heavy atom. The summed E-state index contributed by atoms with van der Waals surface area (Å²) in [4.78, 5) is 4.32. The molecule has 1 unspecified atom stereocenters. The summed E-state index contributed by atoms with van der Waals surface area (Å²) in [7, 11) is 0.170. The summed E-state index contributed by atoms with van der Waals surface area (Å²) >= 11 is 0. The predicted molar refractivity (Wildman–Crippen MR) is 93.3 cm³/mol. The topological polar surface area (TPSA) is 115 Å². The van der Waals surface area contributed by atoms with Crippen LogP contribution in [0.4, 0.5) is 17.5 Å². The number of ether oxygens (including phenoxy) is 2. The molecule has 25 heavy (non-hydrogen) atoms. The van der Waals surface area contributed by atoms with Gasteiger partial charge in [0.1, 0.15) is 11.5 Å². The van der Waals surface area contributed by atoms with E-state index in [0.29, 0.717) is 29.4 Å². The summed E-state index contributed by atoms with van der Waals surface area (Å²) in [6, 6.07) is 5.14. The lowest BCUT2D eigenvalue weighted by atomic mass is 10.2. The highest BCUT2D eigenvalue weighted by molar-refractivity contribution is 7.91. The number of nitrogens with one attached hydrogen (secondary N) is 2. The van der Waals surface area contributed by atoms with Crippen LogP contribution in [0.5, 0.6) is 11.5 Å². The number of aromatic nitrogens is 3. The zero-order valence-electron chi connectivity index (χ0n) is 13.9. The van der Waals surface area contributed by atoms with Gasteiger partial charge in [-0.2, -0.15) is 10.1 Å². The maximum Gasteiger partial charge on any atom is 0.249 e. The first-order chi connectivity index (χ1) is 12.0. The van der Waals surface area contributed by atoms with Crippen LogP contribution in [0.1, 0.15) is 6.42 Å². The molecule has 2 N–H and O–H groups in total. The quantitative estimate of drug-likeness (QED) is 0.779. The van der Waals surface area contributed by atoms with Gasteiger partial charge in [-0.15, -0.1) is 5.10 Å². The highest BCUT2D eigenvalue weighted by atomic mass is 32.2. The highest BCUT2D eigenvalue weighted by Crippen LogP contribution is 2.30. The van der Waals surface area contributed by atoms with Crippen LogP contribution in [0.25, 0.3) is 0 Å². The van der Waals surface area contributed by atoms with Crippen molar-refractivity contribution in [3.8, 4) is 11.5 Å². The zero-order valence-corrected chi connectivity index (χ0v) is 14.7. The smallest absolute Gasteiger partial charge is 0.249 e. The molecule has 1 saturated heterocycles. The van der Waals surface area contributed by atoms with Gasteiger partial charge in [-0.05, 0) is 18.6 Å². The van der Waals surface area contributed by atoms with Crippen molar-refractivity contribution in [1.29, 1.82) is 0 Å². The second-order valence-electron chi connectivity index (χ2n) is 5.60. The number of nitrogens with zero attached hydrogens (tertiary/aromatic N) is 3. The van der Waals surface area contributed by atoms with Crippen LogP contribution in [0, 0.1) is 0 Å². The van der Waals surface area contributed by atoms with Crippen molar-refractivity contribution in [3.05, 3.63) is 24.4 Å². The molecule has 2 heterocycles. The summed E-state index contributed by atoms with van der Waals surface area (Å²) in [5.41, 5.74) is 0.658. The Bertz CT molecular complexity index is 859. The summed E-state index contributed by atoms with van der Waals surface area (Å²) < 4.78 is 33.6. The Labute approximate surface area is 145 Å². The van der Waals surface area contributed by atoms with Crippen molar-refractivity contribution in [3.63, 3.8) is 0 Å². The van der Waals surface area contributed by atoms with Crippen LogP contribution >= 0.6 is 0 Å². The molecule has 1 aromatic heterocycles. The normalized spacial score (nSPS) is 18.6. The van der Waals surface area contributed by atoms with Crippen LogP contribution in [-0.2, 0) is 9.84 Å². The third-order valence-corrected chi connectivity index (χ3v) is 5.57. The monoisotopic (exact) mass is 365 g/mol. The largest absolute Gasteiger partial charge is 0.497 e. The summed E-state index contributed by atoms with van der Waals surface area (Å²) in [6.07, 6.45) is 2.02. The van der Waals surface area contributed by atoms with Crippen molar-refractivity contribution >= 4 is 27.3 Å². The van der Waals surface area contributed by atoms with Gasteiger partial charge in [-0.3, -0.25) is 0 Å². The van der Waals surface area contributed by atoms with Gasteiger partial charge >= 0.3 is 0 Å². The number of hydrogen-bond donors (Lipinski definition) is 2. The third-order valence-electron chi connectivity index (χ3n) is 3.80. The fraction of sp³-hybridized carbons (Fsp3) is 0.400. The first kappa shape index (κ1) is 17.2. The van der Waals surface area contributed by atoms with Crippen molar-refractivity contribution in [2.45, 2.75) is 12.5 Å². The molecule has 134 valence electrons. The second-order valence-corrected chi connectivity index (χ2v) is 7.83. The van der Waals surface area contributed by atoms with Gasteiger partial charge in [0, 0.05) is 12.1 Å². The summed E-state index contributed by atoms with van der Waals surface area (Å²) in [6.45, 7) is 0. The molecular formula is C15H19N5O4S.